The molecule has 4 nitrogen and oxygen atoms in total. The first-order valence-corrected chi connectivity index (χ1v) is 8.85. The molecule has 0 bridgehead atoms. The summed E-state index contributed by atoms with van der Waals surface area (Å²) >= 11 is 0. The van der Waals surface area contributed by atoms with E-state index in [4.69, 9.17) is 9.47 Å². The predicted octanol–water partition coefficient (Wildman–Crippen LogP) is 5.03. The van der Waals surface area contributed by atoms with Gasteiger partial charge in [0.1, 0.15) is 0 Å². The van der Waals surface area contributed by atoms with Crippen LogP contribution in [0.15, 0.2) is 66.7 Å². The molecule has 148 valence electrons. The van der Waals surface area contributed by atoms with Crippen molar-refractivity contribution < 1.29 is 27.4 Å². The first kappa shape index (κ1) is 18.9. The molecule has 0 aromatic heterocycles. The lowest BCUT2D eigenvalue weighted by Gasteiger charge is -2.12. The zero-order chi connectivity index (χ0) is 20.4. The number of hydrogen-bond donors (Lipinski definition) is 1. The Hall–Kier alpha value is -3.48. The monoisotopic (exact) mass is 399 g/mol. The number of alkyl halides is 3. The summed E-state index contributed by atoms with van der Waals surface area (Å²) in [5.41, 5.74) is 1.59. The largest absolute Gasteiger partial charge is 0.454 e. The maximum atomic E-state index is 12.8. The third-order valence-corrected chi connectivity index (χ3v) is 4.58. The summed E-state index contributed by atoms with van der Waals surface area (Å²) < 4.78 is 49.0. The quantitative estimate of drug-likeness (QED) is 0.669. The minimum atomic E-state index is -4.40. The topological polar surface area (TPSA) is 47.6 Å². The molecule has 29 heavy (non-hydrogen) atoms. The fraction of sp³-hybridized carbons (Fsp3) is 0.136. The highest BCUT2D eigenvalue weighted by atomic mass is 19.4. The minimum Gasteiger partial charge on any atom is -0.454 e. The second-order valence-electron chi connectivity index (χ2n) is 6.49. The molecule has 3 aromatic rings. The van der Waals surface area contributed by atoms with Crippen molar-refractivity contribution in [2.45, 2.75) is 12.7 Å². The highest BCUT2D eigenvalue weighted by Crippen LogP contribution is 2.33. The molecule has 0 fully saturated rings. The number of amides is 1. The summed E-state index contributed by atoms with van der Waals surface area (Å²) in [6.07, 6.45) is -4.40. The van der Waals surface area contributed by atoms with Crippen molar-refractivity contribution in [2.75, 3.05) is 6.79 Å². The van der Waals surface area contributed by atoms with Crippen molar-refractivity contribution in [3.63, 3.8) is 0 Å². The van der Waals surface area contributed by atoms with E-state index < -0.39 is 11.7 Å². The van der Waals surface area contributed by atoms with E-state index >= 15 is 0 Å². The van der Waals surface area contributed by atoms with Crippen LogP contribution in [0.25, 0.3) is 11.1 Å². The maximum absolute atomic E-state index is 12.8. The van der Waals surface area contributed by atoms with E-state index in [-0.39, 0.29) is 19.2 Å². The van der Waals surface area contributed by atoms with Crippen LogP contribution >= 0.6 is 0 Å². The lowest BCUT2D eigenvalue weighted by Crippen LogP contribution is -2.23. The van der Waals surface area contributed by atoms with Gasteiger partial charge in [0.25, 0.3) is 5.91 Å². The first-order valence-electron chi connectivity index (χ1n) is 8.85. The minimum absolute atomic E-state index is 0.172. The molecule has 0 saturated carbocycles. The molecular formula is C22H16F3NO3. The van der Waals surface area contributed by atoms with Crippen molar-refractivity contribution >= 4 is 5.91 Å². The van der Waals surface area contributed by atoms with Crippen LogP contribution in [0.2, 0.25) is 0 Å². The van der Waals surface area contributed by atoms with Crippen molar-refractivity contribution in [1.82, 2.24) is 5.32 Å². The van der Waals surface area contributed by atoms with Crippen LogP contribution < -0.4 is 14.8 Å². The Morgan fingerprint density at radius 1 is 0.931 bits per heavy atom. The van der Waals surface area contributed by atoms with Crippen LogP contribution in [0.5, 0.6) is 11.5 Å². The van der Waals surface area contributed by atoms with Gasteiger partial charge in [-0.3, -0.25) is 4.79 Å². The molecule has 0 spiro atoms. The van der Waals surface area contributed by atoms with Gasteiger partial charge in [-0.05, 0) is 47.0 Å². The third kappa shape index (κ3) is 4.03. The van der Waals surface area contributed by atoms with Gasteiger partial charge >= 0.3 is 6.18 Å². The Morgan fingerprint density at radius 3 is 2.41 bits per heavy atom. The normalized spacial score (nSPS) is 12.7. The molecule has 4 rings (SSSR count). The Kier molecular flexibility index (Phi) is 4.88. The second-order valence-corrected chi connectivity index (χ2v) is 6.49. The zero-order valence-corrected chi connectivity index (χ0v) is 15.1. The highest BCUT2D eigenvalue weighted by Gasteiger charge is 2.30. The van der Waals surface area contributed by atoms with Crippen molar-refractivity contribution in [3.05, 3.63) is 83.4 Å². The number of nitrogens with one attached hydrogen (secondary N) is 1. The summed E-state index contributed by atoms with van der Waals surface area (Å²) in [6.45, 7) is 0.447. The molecule has 0 aliphatic carbocycles. The van der Waals surface area contributed by atoms with Crippen LogP contribution in [-0.2, 0) is 12.7 Å². The van der Waals surface area contributed by atoms with Crippen molar-refractivity contribution in [2.24, 2.45) is 0 Å². The van der Waals surface area contributed by atoms with Gasteiger partial charge in [0.05, 0.1) is 5.56 Å². The van der Waals surface area contributed by atoms with Gasteiger partial charge in [-0.25, -0.2) is 0 Å². The summed E-state index contributed by atoms with van der Waals surface area (Å²) in [6, 6.07) is 17.0. The third-order valence-electron chi connectivity index (χ3n) is 4.58. The molecular weight excluding hydrogens is 383 g/mol. The second kappa shape index (κ2) is 7.50. The van der Waals surface area contributed by atoms with E-state index in [0.717, 1.165) is 17.7 Å². The maximum Gasteiger partial charge on any atom is 0.416 e. The molecule has 1 aliphatic heterocycles. The number of rotatable bonds is 4. The number of ether oxygens (including phenoxy) is 2. The van der Waals surface area contributed by atoms with Crippen LogP contribution in [0.4, 0.5) is 13.2 Å². The molecule has 1 N–H and O–H groups in total. The number of fused-ring (bicyclic) bond motifs is 1. The molecule has 7 heteroatoms. The van der Waals surface area contributed by atoms with Crippen LogP contribution in [0, 0.1) is 0 Å². The number of benzene rings is 3. The fourth-order valence-corrected chi connectivity index (χ4v) is 3.10. The molecule has 0 radical (unpaired) electrons. The smallest absolute Gasteiger partial charge is 0.416 e. The average molecular weight is 399 g/mol. The van der Waals surface area contributed by atoms with Gasteiger partial charge in [0.15, 0.2) is 11.5 Å². The standard InChI is InChI=1S/C22H16F3NO3/c23-22(24,25)16-8-6-15(7-9-16)17-3-1-2-4-18(17)21(27)26-12-14-5-10-19-20(11-14)29-13-28-19/h1-11H,12-13H2,(H,26,27). The van der Waals surface area contributed by atoms with Gasteiger partial charge in [0, 0.05) is 12.1 Å². The van der Waals surface area contributed by atoms with Gasteiger partial charge < -0.3 is 14.8 Å². The summed E-state index contributed by atoms with van der Waals surface area (Å²) in [5, 5.41) is 2.84. The SMILES string of the molecule is O=C(NCc1ccc2c(c1)OCO2)c1ccccc1-c1ccc(C(F)(F)F)cc1. The Bertz CT molecular complexity index is 1050. The van der Waals surface area contributed by atoms with Crippen molar-refractivity contribution in [1.29, 1.82) is 0 Å². The fourth-order valence-electron chi connectivity index (χ4n) is 3.10. The van der Waals surface area contributed by atoms with Crippen LogP contribution in [0.3, 0.4) is 0 Å². The average Bonchev–Trinajstić information content (AvgIpc) is 3.19. The molecule has 1 amide bonds. The molecule has 1 heterocycles. The molecule has 1 aliphatic rings. The van der Waals surface area contributed by atoms with Gasteiger partial charge in [0.2, 0.25) is 6.79 Å². The molecule has 0 unspecified atom stereocenters. The predicted molar refractivity (Wildman–Crippen MR) is 101 cm³/mol. The van der Waals surface area contributed by atoms with Gasteiger partial charge in [-0.2, -0.15) is 13.2 Å². The molecule has 0 saturated heterocycles. The summed E-state index contributed by atoms with van der Waals surface area (Å²) in [7, 11) is 0. The zero-order valence-electron chi connectivity index (χ0n) is 15.1. The molecule has 3 aromatic carbocycles. The first-order chi connectivity index (χ1) is 13.9. The van der Waals surface area contributed by atoms with E-state index in [1.54, 1.807) is 36.4 Å². The number of carbonyl (C=O) groups excluding carboxylic acids is 1. The van der Waals surface area contributed by atoms with Crippen molar-refractivity contribution in [3.8, 4) is 22.6 Å². The van der Waals surface area contributed by atoms with E-state index in [2.05, 4.69) is 5.32 Å². The lowest BCUT2D eigenvalue weighted by atomic mass is 9.98. The Morgan fingerprint density at radius 2 is 1.66 bits per heavy atom. The Balaban J connectivity index is 1.52. The van der Waals surface area contributed by atoms with Gasteiger partial charge in [-0.15, -0.1) is 0 Å². The summed E-state index contributed by atoms with van der Waals surface area (Å²) in [5.74, 6) is 0.966. The van der Waals surface area contributed by atoms with E-state index in [9.17, 15) is 18.0 Å². The van der Waals surface area contributed by atoms with Gasteiger partial charge in [-0.1, -0.05) is 36.4 Å². The Labute approximate surface area is 164 Å². The number of halogens is 3. The van der Waals surface area contributed by atoms with E-state index in [1.165, 1.54) is 12.1 Å². The lowest BCUT2D eigenvalue weighted by molar-refractivity contribution is -0.137. The van der Waals surface area contributed by atoms with Crippen LogP contribution in [-0.4, -0.2) is 12.7 Å². The highest BCUT2D eigenvalue weighted by molar-refractivity contribution is 6.00. The molecule has 0 atom stereocenters. The van der Waals surface area contributed by atoms with Crippen LogP contribution in [0.1, 0.15) is 21.5 Å². The summed E-state index contributed by atoms with van der Waals surface area (Å²) in [4.78, 5) is 12.7. The number of carbonyl (C=O) groups is 1. The van der Waals surface area contributed by atoms with E-state index in [0.29, 0.717) is 28.2 Å². The number of hydrogen-bond acceptors (Lipinski definition) is 3. The van der Waals surface area contributed by atoms with E-state index in [1.807, 2.05) is 6.07 Å².